The lowest BCUT2D eigenvalue weighted by atomic mass is 10.2. The van der Waals surface area contributed by atoms with Crippen LogP contribution in [-0.4, -0.2) is 30.4 Å². The van der Waals surface area contributed by atoms with E-state index < -0.39 is 5.97 Å². The minimum Gasteiger partial charge on any atom is -0.476 e. The van der Waals surface area contributed by atoms with Gasteiger partial charge in [-0.15, -0.1) is 11.3 Å². The molecule has 0 saturated carbocycles. The second-order valence-corrected chi connectivity index (χ2v) is 5.63. The molecule has 20 heavy (non-hydrogen) atoms. The Morgan fingerprint density at radius 3 is 3.00 bits per heavy atom. The van der Waals surface area contributed by atoms with Gasteiger partial charge in [0, 0.05) is 18.3 Å². The van der Waals surface area contributed by atoms with Crippen LogP contribution in [0.15, 0.2) is 10.2 Å². The van der Waals surface area contributed by atoms with E-state index in [-0.39, 0.29) is 17.2 Å². The highest BCUT2D eigenvalue weighted by Crippen LogP contribution is 2.12. The van der Waals surface area contributed by atoms with Crippen molar-refractivity contribution >= 4 is 17.3 Å². The van der Waals surface area contributed by atoms with Crippen LogP contribution in [0.2, 0.25) is 0 Å². The fourth-order valence-corrected chi connectivity index (χ4v) is 3.01. The topological polar surface area (TPSA) is 90.0 Å². The predicted molar refractivity (Wildman–Crippen MR) is 72.2 cm³/mol. The van der Waals surface area contributed by atoms with Crippen molar-refractivity contribution in [2.45, 2.75) is 38.8 Å². The number of carboxylic acid groups (broad SMARTS) is 1. The molecule has 1 aliphatic heterocycles. The standard InChI is InChI=1S/C12H14N4O3S/c17-11(18)10-13-8(7-20-10)6-16-12(19)15-5-3-1-2-4-9(15)14-16/h7H,1-6H2,(H,17,18). The van der Waals surface area contributed by atoms with Gasteiger partial charge in [-0.25, -0.2) is 19.3 Å². The van der Waals surface area contributed by atoms with Crippen LogP contribution in [-0.2, 0) is 19.5 Å². The first kappa shape index (κ1) is 13.0. The Morgan fingerprint density at radius 2 is 2.25 bits per heavy atom. The van der Waals surface area contributed by atoms with Crippen LogP contribution in [0.3, 0.4) is 0 Å². The van der Waals surface area contributed by atoms with Crippen LogP contribution in [0.25, 0.3) is 0 Å². The largest absolute Gasteiger partial charge is 0.476 e. The third-order valence-electron chi connectivity index (χ3n) is 3.33. The summed E-state index contributed by atoms with van der Waals surface area (Å²) in [6.07, 6.45) is 3.99. The lowest BCUT2D eigenvalue weighted by Gasteiger charge is -1.97. The number of thiazole rings is 1. The van der Waals surface area contributed by atoms with Crippen molar-refractivity contribution in [3.8, 4) is 0 Å². The summed E-state index contributed by atoms with van der Waals surface area (Å²) >= 11 is 1.06. The molecule has 7 nitrogen and oxygen atoms in total. The Balaban J connectivity index is 1.87. The highest BCUT2D eigenvalue weighted by atomic mass is 32.1. The van der Waals surface area contributed by atoms with Crippen molar-refractivity contribution in [3.05, 3.63) is 32.4 Å². The smallest absolute Gasteiger partial charge is 0.365 e. The number of aryl methyl sites for hydroxylation is 1. The molecule has 106 valence electrons. The Hall–Kier alpha value is -1.96. The first-order valence-corrected chi connectivity index (χ1v) is 7.37. The van der Waals surface area contributed by atoms with Gasteiger partial charge in [-0.1, -0.05) is 6.42 Å². The van der Waals surface area contributed by atoms with E-state index in [2.05, 4.69) is 10.1 Å². The second-order valence-electron chi connectivity index (χ2n) is 4.77. The van der Waals surface area contributed by atoms with Crippen LogP contribution in [0.4, 0.5) is 0 Å². The summed E-state index contributed by atoms with van der Waals surface area (Å²) in [4.78, 5) is 27.0. The van der Waals surface area contributed by atoms with Gasteiger partial charge in [0.25, 0.3) is 0 Å². The summed E-state index contributed by atoms with van der Waals surface area (Å²) in [5, 5.41) is 14.9. The van der Waals surface area contributed by atoms with Gasteiger partial charge in [-0.2, -0.15) is 5.10 Å². The molecule has 0 amide bonds. The zero-order valence-corrected chi connectivity index (χ0v) is 11.6. The van der Waals surface area contributed by atoms with Gasteiger partial charge in [0.1, 0.15) is 5.82 Å². The summed E-state index contributed by atoms with van der Waals surface area (Å²) in [6, 6.07) is 0. The number of hydrogen-bond donors (Lipinski definition) is 1. The molecule has 0 radical (unpaired) electrons. The van der Waals surface area contributed by atoms with Crippen LogP contribution in [0, 0.1) is 0 Å². The Labute approximate surface area is 118 Å². The third kappa shape index (κ3) is 2.38. The molecule has 0 atom stereocenters. The fourth-order valence-electron chi connectivity index (χ4n) is 2.36. The van der Waals surface area contributed by atoms with Crippen LogP contribution < -0.4 is 5.69 Å². The Bertz CT molecular complexity index is 700. The number of aromatic nitrogens is 4. The highest BCUT2D eigenvalue weighted by molar-refractivity contribution is 7.11. The lowest BCUT2D eigenvalue weighted by Crippen LogP contribution is -2.25. The summed E-state index contributed by atoms with van der Waals surface area (Å²) in [5.74, 6) is -0.226. The quantitative estimate of drug-likeness (QED) is 0.911. The van der Waals surface area contributed by atoms with E-state index in [1.165, 1.54) is 4.68 Å². The molecule has 3 rings (SSSR count). The van der Waals surface area contributed by atoms with Gasteiger partial charge >= 0.3 is 11.7 Å². The normalized spacial score (nSPS) is 14.8. The van der Waals surface area contributed by atoms with E-state index in [1.54, 1.807) is 9.95 Å². The molecule has 1 aliphatic rings. The summed E-state index contributed by atoms with van der Waals surface area (Å²) in [5.41, 5.74) is 0.425. The highest BCUT2D eigenvalue weighted by Gasteiger charge is 2.17. The van der Waals surface area contributed by atoms with Gasteiger partial charge in [-0.05, 0) is 12.8 Å². The summed E-state index contributed by atoms with van der Waals surface area (Å²) in [6.45, 7) is 0.939. The maximum Gasteiger partial charge on any atom is 0.365 e. The molecular weight excluding hydrogens is 280 g/mol. The van der Waals surface area contributed by atoms with Crippen LogP contribution in [0.1, 0.15) is 40.6 Å². The molecule has 3 heterocycles. The fraction of sp³-hybridized carbons (Fsp3) is 0.500. The third-order valence-corrected chi connectivity index (χ3v) is 4.21. The van der Waals surface area contributed by atoms with E-state index in [4.69, 9.17) is 5.11 Å². The average molecular weight is 294 g/mol. The predicted octanol–water partition coefficient (Wildman–Crippen LogP) is 0.974. The van der Waals surface area contributed by atoms with E-state index in [1.807, 2.05) is 0 Å². The summed E-state index contributed by atoms with van der Waals surface area (Å²) in [7, 11) is 0. The molecule has 0 unspecified atom stereocenters. The van der Waals surface area contributed by atoms with Gasteiger partial charge < -0.3 is 5.11 Å². The van der Waals surface area contributed by atoms with Crippen molar-refractivity contribution in [1.82, 2.24) is 19.3 Å². The molecule has 2 aromatic heterocycles. The number of carboxylic acids is 1. The number of carbonyl (C=O) groups is 1. The average Bonchev–Trinajstić information content (AvgIpc) is 2.90. The zero-order valence-electron chi connectivity index (χ0n) is 10.8. The van der Waals surface area contributed by atoms with Crippen LogP contribution in [0.5, 0.6) is 0 Å². The molecule has 8 heteroatoms. The number of aromatic carboxylic acids is 1. The first-order valence-electron chi connectivity index (χ1n) is 6.49. The molecule has 0 aromatic carbocycles. The Kier molecular flexibility index (Phi) is 3.39. The molecular formula is C12H14N4O3S. The Morgan fingerprint density at radius 1 is 1.40 bits per heavy atom. The SMILES string of the molecule is O=C(O)c1nc(Cn2nc3n(c2=O)CCCCC3)cs1. The van der Waals surface area contributed by atoms with Crippen LogP contribution >= 0.6 is 11.3 Å². The summed E-state index contributed by atoms with van der Waals surface area (Å²) < 4.78 is 3.10. The van der Waals surface area contributed by atoms with E-state index in [0.29, 0.717) is 12.2 Å². The maximum absolute atomic E-state index is 12.2. The monoisotopic (exact) mass is 294 g/mol. The van der Waals surface area contributed by atoms with E-state index >= 15 is 0 Å². The molecule has 0 aliphatic carbocycles. The number of nitrogens with zero attached hydrogens (tertiary/aromatic N) is 4. The molecule has 0 fully saturated rings. The van der Waals surface area contributed by atoms with Crippen molar-refractivity contribution < 1.29 is 9.90 Å². The number of hydrogen-bond acceptors (Lipinski definition) is 5. The van der Waals surface area contributed by atoms with E-state index in [0.717, 1.165) is 42.8 Å². The second kappa shape index (κ2) is 5.20. The number of fused-ring (bicyclic) bond motifs is 1. The zero-order chi connectivity index (χ0) is 14.1. The molecule has 0 spiro atoms. The maximum atomic E-state index is 12.2. The van der Waals surface area contributed by atoms with Gasteiger partial charge in [0.2, 0.25) is 5.01 Å². The van der Waals surface area contributed by atoms with Crippen molar-refractivity contribution in [3.63, 3.8) is 0 Å². The van der Waals surface area contributed by atoms with Crippen molar-refractivity contribution in [2.75, 3.05) is 0 Å². The van der Waals surface area contributed by atoms with E-state index in [9.17, 15) is 9.59 Å². The van der Waals surface area contributed by atoms with Crippen molar-refractivity contribution in [2.24, 2.45) is 0 Å². The lowest BCUT2D eigenvalue weighted by molar-refractivity contribution is 0.0696. The first-order chi connectivity index (χ1) is 9.65. The van der Waals surface area contributed by atoms with Gasteiger partial charge in [-0.3, -0.25) is 4.57 Å². The van der Waals surface area contributed by atoms with Gasteiger partial charge in [0.05, 0.1) is 12.2 Å². The molecule has 0 saturated heterocycles. The van der Waals surface area contributed by atoms with Crippen molar-refractivity contribution in [1.29, 1.82) is 0 Å². The molecule has 2 aromatic rings. The molecule has 0 bridgehead atoms. The van der Waals surface area contributed by atoms with Gasteiger partial charge in [0.15, 0.2) is 0 Å². The minimum absolute atomic E-state index is 0.0359. The minimum atomic E-state index is -1.05. The number of rotatable bonds is 3. The molecule has 1 N–H and O–H groups in total.